The van der Waals surface area contributed by atoms with Crippen LogP contribution >= 0.6 is 0 Å². The zero-order valence-corrected chi connectivity index (χ0v) is 14.9. The third-order valence-electron chi connectivity index (χ3n) is 4.54. The van der Waals surface area contributed by atoms with Crippen LogP contribution in [-0.2, 0) is 22.5 Å². The van der Waals surface area contributed by atoms with Gasteiger partial charge in [-0.3, -0.25) is 9.59 Å². The number of anilines is 1. The van der Waals surface area contributed by atoms with Crippen molar-refractivity contribution in [2.75, 3.05) is 32.1 Å². The van der Waals surface area contributed by atoms with E-state index in [-0.39, 0.29) is 11.5 Å². The fraction of sp³-hybridized carbons (Fsp3) is 0.474. The van der Waals surface area contributed by atoms with Gasteiger partial charge in [0.25, 0.3) is 5.56 Å². The van der Waals surface area contributed by atoms with Crippen LogP contribution in [0.15, 0.2) is 23.0 Å². The quantitative estimate of drug-likeness (QED) is 0.787. The lowest BCUT2D eigenvalue weighted by atomic mass is 10.0. The van der Waals surface area contributed by atoms with Gasteiger partial charge in [0.2, 0.25) is 0 Å². The van der Waals surface area contributed by atoms with Crippen molar-refractivity contribution in [3.05, 3.63) is 39.7 Å². The Labute approximate surface area is 147 Å². The lowest BCUT2D eigenvalue weighted by molar-refractivity contribution is -0.143. The summed E-state index contributed by atoms with van der Waals surface area (Å²) in [5.74, 6) is -0.171. The lowest BCUT2D eigenvalue weighted by Gasteiger charge is -2.20. The van der Waals surface area contributed by atoms with Gasteiger partial charge >= 0.3 is 5.97 Å². The number of aromatic nitrogens is 1. The number of carbonyl (C=O) groups excluding carboxylic acids is 1. The van der Waals surface area contributed by atoms with Crippen LogP contribution in [0.3, 0.4) is 0 Å². The molecule has 0 spiro atoms. The highest BCUT2D eigenvalue weighted by Crippen LogP contribution is 2.28. The smallest absolute Gasteiger partial charge is 0.307 e. The van der Waals surface area contributed by atoms with Crippen molar-refractivity contribution in [2.45, 2.75) is 32.7 Å². The standard InChI is InChI=1S/C19H25N3O3/c1-3-25-17(23)8-10-22(2)12-13-6-7-14-16(11-13)21-19(24)15-5-4-9-20-18(14)15/h6-7,11,20H,3-5,8-10,12H2,1-2H3,(H,21,24). The molecule has 6 heteroatoms. The average Bonchev–Trinajstić information content (AvgIpc) is 2.60. The number of esters is 1. The Hall–Kier alpha value is -2.34. The molecule has 134 valence electrons. The summed E-state index contributed by atoms with van der Waals surface area (Å²) in [6.07, 6.45) is 2.20. The van der Waals surface area contributed by atoms with Crippen molar-refractivity contribution >= 4 is 22.6 Å². The highest BCUT2D eigenvalue weighted by molar-refractivity contribution is 5.93. The molecule has 3 rings (SSSR count). The molecule has 0 saturated heterocycles. The first-order valence-corrected chi connectivity index (χ1v) is 8.84. The predicted octanol–water partition coefficient (Wildman–Crippen LogP) is 2.27. The number of H-pyrrole nitrogens is 1. The molecule has 0 amide bonds. The highest BCUT2D eigenvalue weighted by Gasteiger charge is 2.16. The number of carbonyl (C=O) groups is 1. The Morgan fingerprint density at radius 1 is 1.36 bits per heavy atom. The zero-order valence-electron chi connectivity index (χ0n) is 14.9. The van der Waals surface area contributed by atoms with Crippen molar-refractivity contribution in [1.82, 2.24) is 9.88 Å². The van der Waals surface area contributed by atoms with Gasteiger partial charge in [0.1, 0.15) is 0 Å². The van der Waals surface area contributed by atoms with Gasteiger partial charge in [-0.25, -0.2) is 0 Å². The Morgan fingerprint density at radius 3 is 3.00 bits per heavy atom. The molecule has 0 unspecified atom stereocenters. The number of aromatic amines is 1. The first kappa shape index (κ1) is 17.5. The van der Waals surface area contributed by atoms with E-state index in [1.54, 1.807) is 0 Å². The van der Waals surface area contributed by atoms with E-state index in [2.05, 4.69) is 27.3 Å². The number of ether oxygens (including phenoxy) is 1. The van der Waals surface area contributed by atoms with Crippen LogP contribution in [0.4, 0.5) is 5.69 Å². The van der Waals surface area contributed by atoms with E-state index >= 15 is 0 Å². The summed E-state index contributed by atoms with van der Waals surface area (Å²) in [7, 11) is 1.97. The van der Waals surface area contributed by atoms with Gasteiger partial charge in [-0.05, 0) is 38.4 Å². The molecule has 0 fully saturated rings. The van der Waals surface area contributed by atoms with Crippen LogP contribution in [0.5, 0.6) is 0 Å². The number of nitrogens with one attached hydrogen (secondary N) is 2. The zero-order chi connectivity index (χ0) is 17.8. The van der Waals surface area contributed by atoms with E-state index in [9.17, 15) is 9.59 Å². The van der Waals surface area contributed by atoms with Crippen molar-refractivity contribution in [3.8, 4) is 0 Å². The number of rotatable bonds is 6. The molecule has 2 aromatic rings. The third kappa shape index (κ3) is 4.02. The summed E-state index contributed by atoms with van der Waals surface area (Å²) in [5, 5.41) is 4.43. The molecule has 1 aliphatic rings. The summed E-state index contributed by atoms with van der Waals surface area (Å²) in [5.41, 5.74) is 3.80. The van der Waals surface area contributed by atoms with Gasteiger partial charge in [0, 0.05) is 30.6 Å². The highest BCUT2D eigenvalue weighted by atomic mass is 16.5. The normalized spacial score (nSPS) is 13.6. The van der Waals surface area contributed by atoms with Crippen LogP contribution in [0.2, 0.25) is 0 Å². The maximum absolute atomic E-state index is 12.3. The Morgan fingerprint density at radius 2 is 2.20 bits per heavy atom. The van der Waals surface area contributed by atoms with Crippen LogP contribution < -0.4 is 10.9 Å². The molecule has 6 nitrogen and oxygen atoms in total. The van der Waals surface area contributed by atoms with Crippen molar-refractivity contribution in [3.63, 3.8) is 0 Å². The first-order chi connectivity index (χ1) is 12.1. The minimum absolute atomic E-state index is 0.00233. The summed E-state index contributed by atoms with van der Waals surface area (Å²) < 4.78 is 4.95. The third-order valence-corrected chi connectivity index (χ3v) is 4.54. The number of nitrogens with zero attached hydrogens (tertiary/aromatic N) is 1. The van der Waals surface area contributed by atoms with Gasteiger partial charge in [-0.2, -0.15) is 0 Å². The molecule has 0 aliphatic carbocycles. The molecule has 1 aliphatic heterocycles. The van der Waals surface area contributed by atoms with Gasteiger partial charge < -0.3 is 19.9 Å². The van der Waals surface area contributed by atoms with Crippen molar-refractivity contribution in [1.29, 1.82) is 0 Å². The Kier molecular flexibility index (Phi) is 5.38. The van der Waals surface area contributed by atoms with Gasteiger partial charge in [0.05, 0.1) is 24.2 Å². The van der Waals surface area contributed by atoms with Crippen LogP contribution in [-0.4, -0.2) is 42.6 Å². The predicted molar refractivity (Wildman–Crippen MR) is 99.0 cm³/mol. The second-order valence-corrected chi connectivity index (χ2v) is 6.51. The maximum atomic E-state index is 12.3. The summed E-state index contributed by atoms with van der Waals surface area (Å²) in [6.45, 7) is 4.48. The first-order valence-electron chi connectivity index (χ1n) is 8.84. The van der Waals surface area contributed by atoms with Crippen LogP contribution in [0.25, 0.3) is 10.9 Å². The monoisotopic (exact) mass is 343 g/mol. The molecule has 25 heavy (non-hydrogen) atoms. The summed E-state index contributed by atoms with van der Waals surface area (Å²) in [4.78, 5) is 28.8. The van der Waals surface area contributed by atoms with E-state index in [0.717, 1.165) is 47.1 Å². The second-order valence-electron chi connectivity index (χ2n) is 6.51. The number of benzene rings is 1. The van der Waals surface area contributed by atoms with Gasteiger partial charge in [0.15, 0.2) is 0 Å². The molecule has 1 aromatic heterocycles. The van der Waals surface area contributed by atoms with Crippen LogP contribution in [0, 0.1) is 0 Å². The molecule has 1 aromatic carbocycles. The molecular formula is C19H25N3O3. The number of hydrogen-bond donors (Lipinski definition) is 2. The molecule has 2 heterocycles. The minimum Gasteiger partial charge on any atom is -0.466 e. The molecular weight excluding hydrogens is 318 g/mol. The van der Waals surface area contributed by atoms with Crippen molar-refractivity contribution in [2.24, 2.45) is 0 Å². The Balaban J connectivity index is 1.75. The molecule has 0 radical (unpaired) electrons. The van der Waals surface area contributed by atoms with Crippen LogP contribution in [0.1, 0.15) is 30.9 Å². The number of fused-ring (bicyclic) bond motifs is 3. The second kappa shape index (κ2) is 7.70. The minimum atomic E-state index is -0.171. The van der Waals surface area contributed by atoms with E-state index in [4.69, 9.17) is 4.74 Å². The van der Waals surface area contributed by atoms with E-state index in [0.29, 0.717) is 26.1 Å². The average molecular weight is 343 g/mol. The van der Waals surface area contributed by atoms with Crippen molar-refractivity contribution < 1.29 is 9.53 Å². The molecule has 0 atom stereocenters. The maximum Gasteiger partial charge on any atom is 0.307 e. The number of hydrogen-bond acceptors (Lipinski definition) is 5. The molecule has 0 saturated carbocycles. The largest absolute Gasteiger partial charge is 0.466 e. The van der Waals surface area contributed by atoms with E-state index in [1.165, 1.54) is 0 Å². The summed E-state index contributed by atoms with van der Waals surface area (Å²) >= 11 is 0. The molecule has 0 bridgehead atoms. The summed E-state index contributed by atoms with van der Waals surface area (Å²) in [6, 6.07) is 6.17. The lowest BCUT2D eigenvalue weighted by Crippen LogP contribution is -2.23. The molecule has 2 N–H and O–H groups in total. The fourth-order valence-corrected chi connectivity index (χ4v) is 3.31. The Bertz CT molecular complexity index is 829. The topological polar surface area (TPSA) is 74.4 Å². The van der Waals surface area contributed by atoms with Gasteiger partial charge in [-0.15, -0.1) is 0 Å². The fourth-order valence-electron chi connectivity index (χ4n) is 3.31. The number of pyridine rings is 1. The van der Waals surface area contributed by atoms with E-state index in [1.807, 2.05) is 20.0 Å². The van der Waals surface area contributed by atoms with Gasteiger partial charge in [-0.1, -0.05) is 12.1 Å². The van der Waals surface area contributed by atoms with E-state index < -0.39 is 0 Å². The SMILES string of the molecule is CCOC(=O)CCN(C)Cc1ccc2c3c(c(=O)[nH]c2c1)CCCN3.